The van der Waals surface area contributed by atoms with Gasteiger partial charge in [0, 0.05) is 18.0 Å². The molecule has 0 bridgehead atoms. The van der Waals surface area contributed by atoms with E-state index in [0.29, 0.717) is 19.0 Å². The molecule has 1 saturated heterocycles. The summed E-state index contributed by atoms with van der Waals surface area (Å²) < 4.78 is 29.2. The zero-order valence-electron chi connectivity index (χ0n) is 12.0. The molecule has 1 fully saturated rings. The van der Waals surface area contributed by atoms with Crippen molar-refractivity contribution < 1.29 is 8.42 Å². The van der Waals surface area contributed by atoms with Gasteiger partial charge in [-0.2, -0.15) is 17.4 Å². The Balaban J connectivity index is 1.99. The third-order valence-corrected chi connectivity index (χ3v) is 6.33. The van der Waals surface area contributed by atoms with Crippen molar-refractivity contribution in [1.82, 2.24) is 14.3 Å². The summed E-state index contributed by atoms with van der Waals surface area (Å²) in [5.41, 5.74) is 0. The molecule has 2 heterocycles. The number of thiophene rings is 1. The Labute approximate surface area is 125 Å². The second kappa shape index (κ2) is 7.00. The van der Waals surface area contributed by atoms with Crippen molar-refractivity contribution in [2.75, 3.05) is 26.7 Å². The molecule has 2 atom stereocenters. The molecule has 1 aliphatic heterocycles. The second-order valence-electron chi connectivity index (χ2n) is 5.28. The van der Waals surface area contributed by atoms with Crippen LogP contribution in [0.4, 0.5) is 0 Å². The number of hydrogen-bond acceptors (Lipinski definition) is 4. The smallest absolute Gasteiger partial charge is 0.280 e. The van der Waals surface area contributed by atoms with Gasteiger partial charge in [0.25, 0.3) is 10.2 Å². The van der Waals surface area contributed by atoms with Crippen LogP contribution < -0.4 is 10.0 Å². The fourth-order valence-corrected chi connectivity index (χ4v) is 4.90. The van der Waals surface area contributed by atoms with E-state index in [0.717, 1.165) is 24.3 Å². The fourth-order valence-electron chi connectivity index (χ4n) is 2.59. The summed E-state index contributed by atoms with van der Waals surface area (Å²) >= 11 is 1.57. The fraction of sp³-hybridized carbons (Fsp3) is 0.692. The van der Waals surface area contributed by atoms with Crippen LogP contribution in [0.1, 0.15) is 30.7 Å². The molecule has 5 nitrogen and oxygen atoms in total. The van der Waals surface area contributed by atoms with E-state index >= 15 is 0 Å². The monoisotopic (exact) mass is 317 g/mol. The number of nitrogens with one attached hydrogen (secondary N) is 2. The average molecular weight is 317 g/mol. The molecule has 114 valence electrons. The van der Waals surface area contributed by atoms with E-state index in [4.69, 9.17) is 0 Å². The van der Waals surface area contributed by atoms with Crippen LogP contribution in [0.3, 0.4) is 0 Å². The minimum atomic E-state index is -3.40. The molecule has 0 saturated carbocycles. The molecule has 2 N–H and O–H groups in total. The van der Waals surface area contributed by atoms with E-state index in [2.05, 4.69) is 10.0 Å². The SMILES string of the molecule is CNCC1CCCN(S(=O)(=O)NC(C)c2cccs2)C1. The molecule has 2 unspecified atom stereocenters. The predicted molar refractivity (Wildman–Crippen MR) is 83.0 cm³/mol. The minimum absolute atomic E-state index is 0.176. The van der Waals surface area contributed by atoms with Crippen molar-refractivity contribution in [3.05, 3.63) is 22.4 Å². The molecule has 1 aliphatic rings. The molecule has 0 spiro atoms. The molecular formula is C13H23N3O2S2. The van der Waals surface area contributed by atoms with Crippen molar-refractivity contribution in [2.45, 2.75) is 25.8 Å². The molecule has 0 radical (unpaired) electrons. The maximum absolute atomic E-state index is 12.4. The summed E-state index contributed by atoms with van der Waals surface area (Å²) in [5, 5.41) is 5.09. The maximum atomic E-state index is 12.4. The summed E-state index contributed by atoms with van der Waals surface area (Å²) in [6.45, 7) is 3.98. The van der Waals surface area contributed by atoms with E-state index in [1.165, 1.54) is 0 Å². The van der Waals surface area contributed by atoms with Crippen molar-refractivity contribution in [2.24, 2.45) is 5.92 Å². The Morgan fingerprint density at radius 3 is 3.00 bits per heavy atom. The van der Waals surface area contributed by atoms with Crippen LogP contribution in [0.2, 0.25) is 0 Å². The van der Waals surface area contributed by atoms with Gasteiger partial charge in [-0.05, 0) is 50.7 Å². The summed E-state index contributed by atoms with van der Waals surface area (Å²) in [6.07, 6.45) is 2.02. The van der Waals surface area contributed by atoms with Gasteiger partial charge >= 0.3 is 0 Å². The Morgan fingerprint density at radius 2 is 2.35 bits per heavy atom. The topological polar surface area (TPSA) is 61.4 Å². The number of rotatable bonds is 6. The third kappa shape index (κ3) is 4.02. The molecule has 1 aromatic heterocycles. The van der Waals surface area contributed by atoms with Gasteiger partial charge in [-0.1, -0.05) is 6.07 Å². The lowest BCUT2D eigenvalue weighted by atomic mass is 10.00. The Kier molecular flexibility index (Phi) is 5.57. The first-order valence-electron chi connectivity index (χ1n) is 6.98. The normalized spacial score (nSPS) is 22.8. The van der Waals surface area contributed by atoms with Crippen LogP contribution >= 0.6 is 11.3 Å². The molecule has 20 heavy (non-hydrogen) atoms. The van der Waals surface area contributed by atoms with Gasteiger partial charge in [0.05, 0.1) is 6.04 Å². The standard InChI is InChI=1S/C13H23N3O2S2/c1-11(13-6-4-8-19-13)15-20(17,18)16-7-3-5-12(10-16)9-14-2/h4,6,8,11-12,14-15H,3,5,7,9-10H2,1-2H3. The van der Waals surface area contributed by atoms with Crippen LogP contribution in [0.5, 0.6) is 0 Å². The van der Waals surface area contributed by atoms with Crippen LogP contribution in [-0.4, -0.2) is 39.4 Å². The molecule has 2 rings (SSSR count). The Hall–Kier alpha value is -0.470. The van der Waals surface area contributed by atoms with Crippen LogP contribution in [0.25, 0.3) is 0 Å². The first-order valence-corrected chi connectivity index (χ1v) is 9.30. The van der Waals surface area contributed by atoms with E-state index in [9.17, 15) is 8.42 Å². The highest BCUT2D eigenvalue weighted by Gasteiger charge is 2.29. The highest BCUT2D eigenvalue weighted by molar-refractivity contribution is 7.87. The van der Waals surface area contributed by atoms with Gasteiger partial charge in [-0.25, -0.2) is 0 Å². The van der Waals surface area contributed by atoms with E-state index in [1.54, 1.807) is 15.6 Å². The zero-order chi connectivity index (χ0) is 14.6. The molecule has 0 aromatic carbocycles. The highest BCUT2D eigenvalue weighted by atomic mass is 32.2. The number of nitrogens with zero attached hydrogens (tertiary/aromatic N) is 1. The minimum Gasteiger partial charge on any atom is -0.319 e. The van der Waals surface area contributed by atoms with Crippen LogP contribution in [0.15, 0.2) is 17.5 Å². The van der Waals surface area contributed by atoms with Gasteiger partial charge in [0.2, 0.25) is 0 Å². The van der Waals surface area contributed by atoms with Crippen molar-refractivity contribution in [3.8, 4) is 0 Å². The molecule has 7 heteroatoms. The Morgan fingerprint density at radius 1 is 1.55 bits per heavy atom. The largest absolute Gasteiger partial charge is 0.319 e. The lowest BCUT2D eigenvalue weighted by Gasteiger charge is -2.32. The lowest BCUT2D eigenvalue weighted by molar-refractivity contribution is 0.260. The molecule has 0 amide bonds. The van der Waals surface area contributed by atoms with E-state index in [-0.39, 0.29) is 6.04 Å². The first kappa shape index (κ1) is 15.9. The van der Waals surface area contributed by atoms with Gasteiger partial charge in [-0.3, -0.25) is 0 Å². The quantitative estimate of drug-likeness (QED) is 0.837. The Bertz CT molecular complexity index is 500. The third-order valence-electron chi connectivity index (χ3n) is 3.61. The average Bonchev–Trinajstić information content (AvgIpc) is 2.93. The number of hydrogen-bond donors (Lipinski definition) is 2. The van der Waals surface area contributed by atoms with Crippen molar-refractivity contribution in [3.63, 3.8) is 0 Å². The molecule has 0 aliphatic carbocycles. The maximum Gasteiger partial charge on any atom is 0.280 e. The molecular weight excluding hydrogens is 294 g/mol. The molecule has 1 aromatic rings. The van der Waals surface area contributed by atoms with Crippen LogP contribution in [0, 0.1) is 5.92 Å². The van der Waals surface area contributed by atoms with Crippen molar-refractivity contribution >= 4 is 21.5 Å². The predicted octanol–water partition coefficient (Wildman–Crippen LogP) is 1.57. The summed E-state index contributed by atoms with van der Waals surface area (Å²) in [7, 11) is -1.49. The zero-order valence-corrected chi connectivity index (χ0v) is 13.6. The summed E-state index contributed by atoms with van der Waals surface area (Å²) in [6, 6.07) is 3.72. The van der Waals surface area contributed by atoms with Crippen molar-refractivity contribution in [1.29, 1.82) is 0 Å². The first-order chi connectivity index (χ1) is 9.53. The van der Waals surface area contributed by atoms with E-state index in [1.807, 2.05) is 31.5 Å². The number of piperidine rings is 1. The van der Waals surface area contributed by atoms with Crippen LogP contribution in [-0.2, 0) is 10.2 Å². The van der Waals surface area contributed by atoms with Gasteiger partial charge in [0.1, 0.15) is 0 Å². The summed E-state index contributed by atoms with van der Waals surface area (Å²) in [5.74, 6) is 0.405. The second-order valence-corrected chi connectivity index (χ2v) is 7.97. The lowest BCUT2D eigenvalue weighted by Crippen LogP contribution is -2.47. The van der Waals surface area contributed by atoms with Gasteiger partial charge in [-0.15, -0.1) is 11.3 Å². The van der Waals surface area contributed by atoms with E-state index < -0.39 is 10.2 Å². The van der Waals surface area contributed by atoms with Gasteiger partial charge in [0.15, 0.2) is 0 Å². The highest BCUT2D eigenvalue weighted by Crippen LogP contribution is 2.22. The van der Waals surface area contributed by atoms with Gasteiger partial charge < -0.3 is 5.32 Å². The summed E-state index contributed by atoms with van der Waals surface area (Å²) in [4.78, 5) is 1.04.